The van der Waals surface area contributed by atoms with E-state index in [1.54, 1.807) is 23.5 Å². The maximum Gasteiger partial charge on any atom is 0.243 e. The Balaban J connectivity index is 1.44. The first-order chi connectivity index (χ1) is 17.5. The van der Waals surface area contributed by atoms with Crippen LogP contribution in [0.3, 0.4) is 0 Å². The van der Waals surface area contributed by atoms with Gasteiger partial charge in [-0.3, -0.25) is 4.90 Å². The Kier molecular flexibility index (Phi) is 7.17. The van der Waals surface area contributed by atoms with E-state index in [0.717, 1.165) is 47.4 Å². The topological polar surface area (TPSA) is 70.1 Å². The first-order valence-electron chi connectivity index (χ1n) is 12.6. The van der Waals surface area contributed by atoms with Gasteiger partial charge in [-0.2, -0.15) is 4.31 Å². The molecule has 3 aromatic rings. The number of aliphatic hydroxyl groups is 1. The fourth-order valence-corrected chi connectivity index (χ4v) is 7.60. The van der Waals surface area contributed by atoms with Crippen LogP contribution < -0.4 is 4.74 Å². The Morgan fingerprint density at radius 2 is 1.64 bits per heavy atom. The number of methoxy groups -OCH3 is 1. The zero-order valence-electron chi connectivity index (χ0n) is 20.9. The minimum Gasteiger partial charge on any atom is -0.496 e. The number of ether oxygens (including phenoxy) is 1. The summed E-state index contributed by atoms with van der Waals surface area (Å²) in [6, 6.07) is 23.6. The summed E-state index contributed by atoms with van der Waals surface area (Å²) < 4.78 is 34.5. The Morgan fingerprint density at radius 3 is 2.36 bits per heavy atom. The molecule has 3 atom stereocenters. The van der Waals surface area contributed by atoms with E-state index in [-0.39, 0.29) is 24.6 Å². The number of nitrogens with zero attached hydrogens (tertiary/aromatic N) is 2. The van der Waals surface area contributed by atoms with E-state index < -0.39 is 10.0 Å². The molecular formula is C29H34N2O4S. The molecule has 0 aromatic heterocycles. The third kappa shape index (κ3) is 4.45. The summed E-state index contributed by atoms with van der Waals surface area (Å²) in [5.74, 6) is 0.889. The van der Waals surface area contributed by atoms with Crippen LogP contribution in [0.1, 0.15) is 29.9 Å². The molecule has 0 aliphatic carbocycles. The number of fused-ring (bicyclic) bond motifs is 1. The fourth-order valence-electron chi connectivity index (χ4n) is 5.88. The van der Waals surface area contributed by atoms with E-state index in [1.807, 2.05) is 43.3 Å². The average molecular weight is 507 g/mol. The van der Waals surface area contributed by atoms with Crippen molar-refractivity contribution in [3.05, 3.63) is 83.9 Å². The molecule has 2 fully saturated rings. The Bertz CT molecular complexity index is 1310. The SMILES string of the molecule is COc1ccccc1-c1ccc([C@H]2C3CN(S(=O)(=O)c4ccccc4C)CCCCN3[C@@H]2CO)cc1. The summed E-state index contributed by atoms with van der Waals surface area (Å²) in [5.41, 5.74) is 3.99. The standard InChI is InChI=1S/C29H34N2O4S/c1-21-9-3-6-12-28(21)36(33,34)30-17-7-8-18-31-25(19-30)29(26(31)20-32)23-15-13-22(14-16-23)24-10-4-5-11-27(24)35-2/h3-6,9-16,25-26,29,32H,7-8,17-20H2,1-2H3/t25?,26-,29+/m1/s1. The minimum atomic E-state index is -3.60. The van der Waals surface area contributed by atoms with Gasteiger partial charge >= 0.3 is 0 Å². The molecule has 2 aliphatic heterocycles. The number of benzene rings is 3. The van der Waals surface area contributed by atoms with Crippen LogP contribution in [-0.2, 0) is 10.0 Å². The van der Waals surface area contributed by atoms with Crippen molar-refractivity contribution in [3.8, 4) is 16.9 Å². The van der Waals surface area contributed by atoms with Crippen molar-refractivity contribution in [1.29, 1.82) is 0 Å². The number of para-hydroxylation sites is 1. The predicted molar refractivity (Wildman–Crippen MR) is 142 cm³/mol. The first kappa shape index (κ1) is 25.0. The number of aryl methyl sites for hydroxylation is 1. The maximum absolute atomic E-state index is 13.7. The number of sulfonamides is 1. The van der Waals surface area contributed by atoms with Gasteiger partial charge in [0.05, 0.1) is 18.6 Å². The molecule has 2 saturated heterocycles. The molecule has 36 heavy (non-hydrogen) atoms. The highest BCUT2D eigenvalue weighted by molar-refractivity contribution is 7.89. The van der Waals surface area contributed by atoms with Crippen LogP contribution in [0.2, 0.25) is 0 Å². The van der Waals surface area contributed by atoms with Gasteiger partial charge in [0.1, 0.15) is 5.75 Å². The van der Waals surface area contributed by atoms with Gasteiger partial charge in [-0.05, 0) is 55.1 Å². The quantitative estimate of drug-likeness (QED) is 0.540. The summed E-state index contributed by atoms with van der Waals surface area (Å²) in [6.07, 6.45) is 1.72. The van der Waals surface area contributed by atoms with Gasteiger partial charge < -0.3 is 9.84 Å². The molecule has 1 N–H and O–H groups in total. The van der Waals surface area contributed by atoms with Crippen molar-refractivity contribution >= 4 is 10.0 Å². The lowest BCUT2D eigenvalue weighted by molar-refractivity contribution is -0.0553. The Morgan fingerprint density at radius 1 is 0.944 bits per heavy atom. The molecule has 0 saturated carbocycles. The number of aliphatic hydroxyl groups excluding tert-OH is 1. The van der Waals surface area contributed by atoms with Gasteiger partial charge in [-0.1, -0.05) is 60.7 Å². The van der Waals surface area contributed by atoms with Gasteiger partial charge in [0.25, 0.3) is 0 Å². The molecule has 190 valence electrons. The van der Waals surface area contributed by atoms with E-state index in [2.05, 4.69) is 29.2 Å². The lowest BCUT2D eigenvalue weighted by Gasteiger charge is -2.57. The van der Waals surface area contributed by atoms with Crippen LogP contribution in [0.4, 0.5) is 0 Å². The smallest absolute Gasteiger partial charge is 0.243 e. The van der Waals surface area contributed by atoms with Gasteiger partial charge in [-0.25, -0.2) is 8.42 Å². The fraction of sp³-hybridized carbons (Fsp3) is 0.379. The minimum absolute atomic E-state index is 0.00627. The predicted octanol–water partition coefficient (Wildman–Crippen LogP) is 4.28. The van der Waals surface area contributed by atoms with Gasteiger partial charge in [-0.15, -0.1) is 0 Å². The summed E-state index contributed by atoms with van der Waals surface area (Å²) in [5, 5.41) is 10.3. The lowest BCUT2D eigenvalue weighted by atomic mass is 9.74. The number of rotatable bonds is 6. The molecule has 2 aliphatic rings. The Labute approximate surface area is 214 Å². The second-order valence-corrected chi connectivity index (χ2v) is 11.6. The average Bonchev–Trinajstić information content (AvgIpc) is 2.88. The van der Waals surface area contributed by atoms with Crippen molar-refractivity contribution in [2.75, 3.05) is 33.4 Å². The van der Waals surface area contributed by atoms with Crippen LogP contribution in [0.15, 0.2) is 77.7 Å². The van der Waals surface area contributed by atoms with Gasteiger partial charge in [0.2, 0.25) is 10.0 Å². The maximum atomic E-state index is 13.7. The molecule has 0 amide bonds. The molecule has 0 spiro atoms. The number of hydrogen-bond donors (Lipinski definition) is 1. The normalized spacial score (nSPS) is 23.2. The van der Waals surface area contributed by atoms with E-state index in [4.69, 9.17) is 4.74 Å². The molecule has 6 nitrogen and oxygen atoms in total. The highest BCUT2D eigenvalue weighted by Crippen LogP contribution is 2.43. The molecule has 7 heteroatoms. The van der Waals surface area contributed by atoms with Crippen molar-refractivity contribution < 1.29 is 18.3 Å². The summed E-state index contributed by atoms with van der Waals surface area (Å²) in [4.78, 5) is 2.69. The van der Waals surface area contributed by atoms with Crippen LogP contribution in [0.25, 0.3) is 11.1 Å². The van der Waals surface area contributed by atoms with Crippen LogP contribution in [-0.4, -0.2) is 68.2 Å². The van der Waals surface area contributed by atoms with Crippen molar-refractivity contribution in [3.63, 3.8) is 0 Å². The third-order valence-electron chi connectivity index (χ3n) is 7.76. The summed E-state index contributed by atoms with van der Waals surface area (Å²) in [6.45, 7) is 3.72. The van der Waals surface area contributed by atoms with Crippen LogP contribution >= 0.6 is 0 Å². The molecule has 0 bridgehead atoms. The summed E-state index contributed by atoms with van der Waals surface area (Å²) >= 11 is 0. The van der Waals surface area contributed by atoms with Crippen LogP contribution in [0, 0.1) is 6.92 Å². The lowest BCUT2D eigenvalue weighted by Crippen LogP contribution is -2.67. The number of hydrogen-bond acceptors (Lipinski definition) is 5. The zero-order valence-corrected chi connectivity index (χ0v) is 21.7. The van der Waals surface area contributed by atoms with E-state index in [0.29, 0.717) is 18.0 Å². The molecule has 0 radical (unpaired) electrons. The van der Waals surface area contributed by atoms with E-state index in [1.165, 1.54) is 0 Å². The highest BCUT2D eigenvalue weighted by atomic mass is 32.2. The van der Waals surface area contributed by atoms with Gasteiger partial charge in [0.15, 0.2) is 0 Å². The third-order valence-corrected chi connectivity index (χ3v) is 9.78. The second kappa shape index (κ2) is 10.3. The zero-order chi connectivity index (χ0) is 25.3. The molecule has 1 unspecified atom stereocenters. The molecule has 5 rings (SSSR count). The summed E-state index contributed by atoms with van der Waals surface area (Å²) in [7, 11) is -1.93. The van der Waals surface area contributed by atoms with Crippen molar-refractivity contribution in [2.45, 2.75) is 42.7 Å². The van der Waals surface area contributed by atoms with Crippen molar-refractivity contribution in [1.82, 2.24) is 9.21 Å². The highest BCUT2D eigenvalue weighted by Gasteiger charge is 2.50. The molecule has 3 aromatic carbocycles. The van der Waals surface area contributed by atoms with E-state index >= 15 is 0 Å². The largest absolute Gasteiger partial charge is 0.496 e. The Hall–Kier alpha value is -2.71. The first-order valence-corrected chi connectivity index (χ1v) is 14.1. The van der Waals surface area contributed by atoms with Gasteiger partial charge in [0, 0.05) is 36.7 Å². The van der Waals surface area contributed by atoms with Crippen LogP contribution in [0.5, 0.6) is 5.75 Å². The van der Waals surface area contributed by atoms with Crippen molar-refractivity contribution in [2.24, 2.45) is 0 Å². The van der Waals surface area contributed by atoms with E-state index in [9.17, 15) is 13.5 Å². The molecular weight excluding hydrogens is 472 g/mol. The monoisotopic (exact) mass is 506 g/mol. The second-order valence-electron chi connectivity index (χ2n) is 9.74. The molecule has 2 heterocycles.